The highest BCUT2D eigenvalue weighted by Gasteiger charge is 2.50. The topological polar surface area (TPSA) is 24.1 Å². The number of rotatable bonds is 3. The zero-order chi connectivity index (χ0) is 20.7. The van der Waals surface area contributed by atoms with Gasteiger partial charge < -0.3 is 5.32 Å². The van der Waals surface area contributed by atoms with Crippen LogP contribution in [0.15, 0.2) is 120 Å². The second-order valence-corrected chi connectivity index (χ2v) is 8.54. The van der Waals surface area contributed by atoms with Crippen LogP contribution >= 0.6 is 0 Å². The number of nitrogens with one attached hydrogen (secondary N) is 2. The molecule has 0 aromatic heterocycles. The average Bonchev–Trinajstić information content (AvgIpc) is 3.16. The lowest BCUT2D eigenvalue weighted by Gasteiger charge is -2.36. The number of allylic oxidation sites excluding steroid dienone is 3. The Hall–Kier alpha value is -3.36. The van der Waals surface area contributed by atoms with Gasteiger partial charge in [-0.05, 0) is 45.9 Å². The van der Waals surface area contributed by atoms with Gasteiger partial charge in [0.1, 0.15) is 0 Å². The van der Waals surface area contributed by atoms with Crippen molar-refractivity contribution in [2.24, 2.45) is 0 Å². The summed E-state index contributed by atoms with van der Waals surface area (Å²) in [5.74, 6) is 0.405. The van der Waals surface area contributed by atoms with Crippen molar-refractivity contribution in [2.45, 2.75) is 17.8 Å². The van der Waals surface area contributed by atoms with Crippen LogP contribution in [0.5, 0.6) is 0 Å². The molecule has 1 unspecified atom stereocenters. The molecule has 3 aromatic rings. The molecule has 2 heteroatoms. The minimum Gasteiger partial charge on any atom is -0.372 e. The molecule has 0 radical (unpaired) electrons. The Morgan fingerprint density at radius 2 is 1.42 bits per heavy atom. The van der Waals surface area contributed by atoms with Gasteiger partial charge in [-0.2, -0.15) is 0 Å². The second-order valence-electron chi connectivity index (χ2n) is 8.54. The van der Waals surface area contributed by atoms with E-state index < -0.39 is 0 Å². The van der Waals surface area contributed by atoms with Crippen molar-refractivity contribution in [3.05, 3.63) is 142 Å². The van der Waals surface area contributed by atoms with Gasteiger partial charge in [-0.25, -0.2) is 0 Å². The Bertz CT molecular complexity index is 1160. The third-order valence-corrected chi connectivity index (χ3v) is 7.01. The Labute approximate surface area is 184 Å². The summed E-state index contributed by atoms with van der Waals surface area (Å²) in [5, 5.41) is 6.88. The molecule has 2 nitrogen and oxygen atoms in total. The lowest BCUT2D eigenvalue weighted by Crippen LogP contribution is -2.35. The zero-order valence-corrected chi connectivity index (χ0v) is 17.5. The van der Waals surface area contributed by atoms with Gasteiger partial charge in [0.25, 0.3) is 0 Å². The van der Waals surface area contributed by atoms with Gasteiger partial charge >= 0.3 is 0 Å². The maximum atomic E-state index is 3.53. The van der Waals surface area contributed by atoms with E-state index >= 15 is 0 Å². The van der Waals surface area contributed by atoms with Crippen LogP contribution in [0.1, 0.15) is 34.6 Å². The quantitative estimate of drug-likeness (QED) is 0.612. The van der Waals surface area contributed by atoms with Crippen LogP contribution in [-0.4, -0.2) is 13.2 Å². The van der Waals surface area contributed by atoms with Crippen molar-refractivity contribution < 1.29 is 0 Å². The van der Waals surface area contributed by atoms with E-state index in [1.807, 2.05) is 0 Å². The molecule has 152 valence electrons. The number of fused-ring (bicyclic) bond motifs is 3. The molecule has 0 fully saturated rings. The van der Waals surface area contributed by atoms with E-state index in [1.54, 1.807) is 0 Å². The fourth-order valence-electron chi connectivity index (χ4n) is 5.73. The predicted octanol–water partition coefficient (Wildman–Crippen LogP) is 5.41. The Kier molecular flexibility index (Phi) is 4.40. The highest BCUT2D eigenvalue weighted by Crippen LogP contribution is 2.59. The SMILES string of the molecule is C1=C(C2=CCNCN2)C=C2C(C1)c1ccccc1C2(c1ccccc1)c1ccccc1. The molecule has 3 aromatic carbocycles. The van der Waals surface area contributed by atoms with E-state index in [1.165, 1.54) is 39.1 Å². The van der Waals surface area contributed by atoms with E-state index in [2.05, 4.69) is 114 Å². The molecule has 0 amide bonds. The Balaban J connectivity index is 1.65. The van der Waals surface area contributed by atoms with Gasteiger partial charge in [0, 0.05) is 18.2 Å². The first-order valence-corrected chi connectivity index (χ1v) is 11.2. The van der Waals surface area contributed by atoms with E-state index in [4.69, 9.17) is 0 Å². The molecule has 0 saturated carbocycles. The number of hydrogen-bond donors (Lipinski definition) is 2. The van der Waals surface area contributed by atoms with E-state index in [-0.39, 0.29) is 5.41 Å². The highest BCUT2D eigenvalue weighted by atomic mass is 15.1. The molecule has 2 N–H and O–H groups in total. The summed E-state index contributed by atoms with van der Waals surface area (Å²) < 4.78 is 0. The lowest BCUT2D eigenvalue weighted by atomic mass is 9.65. The smallest absolute Gasteiger partial charge is 0.0673 e. The molecule has 0 saturated heterocycles. The maximum Gasteiger partial charge on any atom is 0.0673 e. The summed E-state index contributed by atoms with van der Waals surface area (Å²) in [6, 6.07) is 31.2. The average molecular weight is 403 g/mol. The monoisotopic (exact) mass is 402 g/mol. The molecule has 3 aliphatic rings. The van der Waals surface area contributed by atoms with Gasteiger partial charge in [-0.1, -0.05) is 97.1 Å². The van der Waals surface area contributed by atoms with Gasteiger partial charge in [0.15, 0.2) is 0 Å². The van der Waals surface area contributed by atoms with Crippen LogP contribution in [0.3, 0.4) is 0 Å². The van der Waals surface area contributed by atoms with Crippen molar-refractivity contribution in [1.82, 2.24) is 10.6 Å². The number of benzene rings is 3. The van der Waals surface area contributed by atoms with E-state index in [9.17, 15) is 0 Å². The van der Waals surface area contributed by atoms with Crippen molar-refractivity contribution in [2.75, 3.05) is 13.2 Å². The van der Waals surface area contributed by atoms with Crippen molar-refractivity contribution >= 4 is 0 Å². The summed E-state index contributed by atoms with van der Waals surface area (Å²) in [6.45, 7) is 1.73. The minimum absolute atomic E-state index is 0.267. The van der Waals surface area contributed by atoms with E-state index in [0.717, 1.165) is 19.6 Å². The summed E-state index contributed by atoms with van der Waals surface area (Å²) in [6.07, 6.45) is 8.19. The van der Waals surface area contributed by atoms with Crippen LogP contribution in [0.25, 0.3) is 0 Å². The van der Waals surface area contributed by atoms with Gasteiger partial charge in [0.05, 0.1) is 12.1 Å². The third-order valence-electron chi connectivity index (χ3n) is 7.01. The highest BCUT2D eigenvalue weighted by molar-refractivity contribution is 5.70. The molecular formula is C29H26N2. The van der Waals surface area contributed by atoms with Crippen molar-refractivity contribution in [3.63, 3.8) is 0 Å². The predicted molar refractivity (Wildman–Crippen MR) is 127 cm³/mol. The molecule has 6 rings (SSSR count). The standard InChI is InChI=1S/C29H26N2/c1-3-9-22(10-4-1)29(23-11-5-2-6-12-23)26-14-8-7-13-24(26)25-16-15-21(19-27(25)29)28-17-18-30-20-31-28/h1-15,17,19,25,30-31H,16,18,20H2. The van der Waals surface area contributed by atoms with Crippen LogP contribution < -0.4 is 10.6 Å². The van der Waals surface area contributed by atoms with Crippen molar-refractivity contribution in [3.8, 4) is 0 Å². The largest absolute Gasteiger partial charge is 0.372 e. The fourth-order valence-corrected chi connectivity index (χ4v) is 5.73. The molecule has 1 aliphatic heterocycles. The molecular weight excluding hydrogens is 376 g/mol. The van der Waals surface area contributed by atoms with Crippen LogP contribution in [0, 0.1) is 0 Å². The summed E-state index contributed by atoms with van der Waals surface area (Å²) in [5.41, 5.74) is 9.36. The minimum atomic E-state index is -0.267. The number of hydrogen-bond acceptors (Lipinski definition) is 2. The van der Waals surface area contributed by atoms with Gasteiger partial charge in [0.2, 0.25) is 0 Å². The summed E-state index contributed by atoms with van der Waals surface area (Å²) in [4.78, 5) is 0. The second kappa shape index (κ2) is 7.40. The first-order chi connectivity index (χ1) is 15.4. The van der Waals surface area contributed by atoms with Crippen molar-refractivity contribution in [1.29, 1.82) is 0 Å². The summed E-state index contributed by atoms with van der Waals surface area (Å²) in [7, 11) is 0. The maximum absolute atomic E-state index is 3.53. The Morgan fingerprint density at radius 3 is 2.10 bits per heavy atom. The van der Waals surface area contributed by atoms with Gasteiger partial charge in [-0.3, -0.25) is 5.32 Å². The third kappa shape index (κ3) is 2.75. The first kappa shape index (κ1) is 18.4. The fraction of sp³-hybridized carbons (Fsp3) is 0.172. The Morgan fingerprint density at radius 1 is 0.742 bits per heavy atom. The molecule has 2 aliphatic carbocycles. The molecule has 0 spiro atoms. The zero-order valence-electron chi connectivity index (χ0n) is 17.5. The van der Waals surface area contributed by atoms with Crippen LogP contribution in [0.4, 0.5) is 0 Å². The first-order valence-electron chi connectivity index (χ1n) is 11.2. The normalized spacial score (nSPS) is 21.2. The molecule has 1 atom stereocenters. The lowest BCUT2D eigenvalue weighted by molar-refractivity contribution is 0.639. The van der Waals surface area contributed by atoms with Crippen LogP contribution in [-0.2, 0) is 5.41 Å². The van der Waals surface area contributed by atoms with E-state index in [0.29, 0.717) is 5.92 Å². The van der Waals surface area contributed by atoms with Gasteiger partial charge in [-0.15, -0.1) is 0 Å². The molecule has 0 bridgehead atoms. The molecule has 31 heavy (non-hydrogen) atoms. The summed E-state index contributed by atoms with van der Waals surface area (Å²) >= 11 is 0. The van der Waals surface area contributed by atoms with Crippen LogP contribution in [0.2, 0.25) is 0 Å². The molecule has 1 heterocycles.